The van der Waals surface area contributed by atoms with E-state index >= 15 is 0 Å². The number of carbonyl (C=O) groups excluding carboxylic acids is 1. The van der Waals surface area contributed by atoms with E-state index in [1.165, 1.54) is 0 Å². The Balaban J connectivity index is 2.48. The molecule has 86 valence electrons. The van der Waals surface area contributed by atoms with Crippen molar-refractivity contribution < 1.29 is 9.53 Å². The van der Waals surface area contributed by atoms with E-state index < -0.39 is 0 Å². The van der Waals surface area contributed by atoms with Crippen molar-refractivity contribution in [2.75, 3.05) is 6.61 Å². The van der Waals surface area contributed by atoms with Crippen LogP contribution in [0.5, 0.6) is 0 Å². The number of fused-ring (bicyclic) bond motifs is 1. The summed E-state index contributed by atoms with van der Waals surface area (Å²) in [6, 6.07) is 0. The average Bonchev–Trinajstić information content (AvgIpc) is 2.77. The van der Waals surface area contributed by atoms with Gasteiger partial charge in [0, 0.05) is 4.88 Å². The molecule has 0 aliphatic heterocycles. The first-order valence-corrected chi connectivity index (χ1v) is 6.20. The molecule has 2 aromatic rings. The van der Waals surface area contributed by atoms with Crippen LogP contribution in [0.1, 0.15) is 35.6 Å². The number of ether oxygens (including phenoxy) is 1. The van der Waals surface area contributed by atoms with Crippen LogP contribution in [0.3, 0.4) is 0 Å². The molecule has 0 saturated heterocycles. The molecule has 2 heterocycles. The summed E-state index contributed by atoms with van der Waals surface area (Å²) in [5.41, 5.74) is 0.640. The maximum absolute atomic E-state index is 11.8. The third-order valence-corrected chi connectivity index (χ3v) is 3.44. The van der Waals surface area contributed by atoms with Crippen molar-refractivity contribution in [3.63, 3.8) is 0 Å². The van der Waals surface area contributed by atoms with E-state index in [2.05, 4.69) is 11.9 Å². The van der Waals surface area contributed by atoms with Crippen molar-refractivity contribution in [2.45, 2.75) is 26.7 Å². The highest BCUT2D eigenvalue weighted by molar-refractivity contribution is 7.17. The standard InChI is InChI=1S/C11H14N2O2S/c1-3-5-8-10(11(14)15-4-2)13-7-12-6-9(13)16-8/h6-7H,3-5H2,1-2H3. The van der Waals surface area contributed by atoms with E-state index in [4.69, 9.17) is 4.74 Å². The van der Waals surface area contributed by atoms with Crippen LogP contribution in [0.4, 0.5) is 0 Å². The van der Waals surface area contributed by atoms with Crippen LogP contribution in [0.25, 0.3) is 4.83 Å². The maximum atomic E-state index is 11.8. The number of esters is 1. The molecule has 0 atom stereocenters. The van der Waals surface area contributed by atoms with E-state index in [1.807, 2.05) is 11.3 Å². The topological polar surface area (TPSA) is 43.6 Å². The Labute approximate surface area is 97.9 Å². The van der Waals surface area contributed by atoms with Crippen molar-refractivity contribution >= 4 is 22.1 Å². The first-order valence-electron chi connectivity index (χ1n) is 5.38. The summed E-state index contributed by atoms with van der Waals surface area (Å²) in [4.78, 5) is 18.0. The van der Waals surface area contributed by atoms with E-state index in [9.17, 15) is 4.79 Å². The Bertz CT molecular complexity index is 501. The SMILES string of the molecule is CCCc1sc2cncn2c1C(=O)OCC. The maximum Gasteiger partial charge on any atom is 0.356 e. The third kappa shape index (κ3) is 1.82. The number of aromatic nitrogens is 2. The summed E-state index contributed by atoms with van der Waals surface area (Å²) in [7, 11) is 0. The summed E-state index contributed by atoms with van der Waals surface area (Å²) in [5, 5.41) is 0. The lowest BCUT2D eigenvalue weighted by molar-refractivity contribution is 0.0517. The van der Waals surface area contributed by atoms with Gasteiger partial charge in [-0.05, 0) is 13.3 Å². The smallest absolute Gasteiger partial charge is 0.356 e. The van der Waals surface area contributed by atoms with Gasteiger partial charge in [-0.1, -0.05) is 13.3 Å². The van der Waals surface area contributed by atoms with E-state index in [-0.39, 0.29) is 5.97 Å². The zero-order valence-electron chi connectivity index (χ0n) is 9.40. The van der Waals surface area contributed by atoms with E-state index in [0.717, 1.165) is 22.5 Å². The molecule has 0 spiro atoms. The van der Waals surface area contributed by atoms with Crippen LogP contribution in [-0.4, -0.2) is 22.0 Å². The fraction of sp³-hybridized carbons (Fsp3) is 0.455. The third-order valence-electron chi connectivity index (χ3n) is 2.28. The van der Waals surface area contributed by atoms with Gasteiger partial charge in [-0.2, -0.15) is 0 Å². The van der Waals surface area contributed by atoms with Gasteiger partial charge >= 0.3 is 5.97 Å². The first kappa shape index (κ1) is 11.1. The van der Waals surface area contributed by atoms with Gasteiger partial charge in [-0.3, -0.25) is 4.40 Å². The molecule has 5 heteroatoms. The molecule has 0 aliphatic rings. The van der Waals surface area contributed by atoms with Crippen LogP contribution in [-0.2, 0) is 11.2 Å². The summed E-state index contributed by atoms with van der Waals surface area (Å²) in [6.07, 6.45) is 5.35. The number of hydrogen-bond acceptors (Lipinski definition) is 4. The molecular formula is C11H14N2O2S. The van der Waals surface area contributed by atoms with Crippen LogP contribution >= 0.6 is 11.3 Å². The Kier molecular flexibility index (Phi) is 3.24. The highest BCUT2D eigenvalue weighted by Crippen LogP contribution is 2.25. The number of rotatable bonds is 4. The van der Waals surface area contributed by atoms with Crippen molar-refractivity contribution in [3.8, 4) is 0 Å². The molecule has 0 radical (unpaired) electrons. The van der Waals surface area contributed by atoms with Gasteiger partial charge in [0.2, 0.25) is 0 Å². The molecule has 0 saturated carbocycles. The van der Waals surface area contributed by atoms with Crippen molar-refractivity contribution in [1.29, 1.82) is 0 Å². The molecule has 2 aromatic heterocycles. The number of imidazole rings is 1. The minimum atomic E-state index is -0.254. The average molecular weight is 238 g/mol. The number of thiazole rings is 1. The lowest BCUT2D eigenvalue weighted by Gasteiger charge is -2.02. The van der Waals surface area contributed by atoms with Gasteiger partial charge in [0.05, 0.1) is 12.8 Å². The van der Waals surface area contributed by atoms with Crippen molar-refractivity contribution in [2.24, 2.45) is 0 Å². The molecule has 0 N–H and O–H groups in total. The van der Waals surface area contributed by atoms with Crippen molar-refractivity contribution in [1.82, 2.24) is 9.38 Å². The van der Waals surface area contributed by atoms with Crippen LogP contribution in [0.2, 0.25) is 0 Å². The highest BCUT2D eigenvalue weighted by Gasteiger charge is 2.19. The molecule has 0 aromatic carbocycles. The first-order chi connectivity index (χ1) is 7.77. The zero-order chi connectivity index (χ0) is 11.5. The fourth-order valence-electron chi connectivity index (χ4n) is 1.64. The molecule has 0 unspecified atom stereocenters. The molecule has 4 nitrogen and oxygen atoms in total. The van der Waals surface area contributed by atoms with E-state index in [1.54, 1.807) is 23.9 Å². The monoisotopic (exact) mass is 238 g/mol. The quantitative estimate of drug-likeness (QED) is 0.769. The lowest BCUT2D eigenvalue weighted by atomic mass is 10.2. The molecule has 16 heavy (non-hydrogen) atoms. The number of aryl methyl sites for hydroxylation is 1. The predicted molar refractivity (Wildman–Crippen MR) is 63.0 cm³/mol. The van der Waals surface area contributed by atoms with Crippen LogP contribution in [0.15, 0.2) is 12.5 Å². The fourth-order valence-corrected chi connectivity index (χ4v) is 2.83. The Morgan fingerprint density at radius 2 is 2.38 bits per heavy atom. The number of nitrogens with zero attached hydrogens (tertiary/aromatic N) is 2. The van der Waals surface area contributed by atoms with E-state index in [0.29, 0.717) is 12.3 Å². The second kappa shape index (κ2) is 4.65. The van der Waals surface area contributed by atoms with Gasteiger partial charge in [-0.15, -0.1) is 11.3 Å². The summed E-state index contributed by atoms with van der Waals surface area (Å²) in [6.45, 7) is 4.31. The normalized spacial score (nSPS) is 10.9. The van der Waals surface area contributed by atoms with Crippen LogP contribution < -0.4 is 0 Å². The van der Waals surface area contributed by atoms with Gasteiger partial charge in [-0.25, -0.2) is 9.78 Å². The van der Waals surface area contributed by atoms with Crippen molar-refractivity contribution in [3.05, 3.63) is 23.1 Å². The molecule has 2 rings (SSSR count). The number of hydrogen-bond donors (Lipinski definition) is 0. The van der Waals surface area contributed by atoms with Crippen LogP contribution in [0, 0.1) is 0 Å². The molecule has 0 bridgehead atoms. The second-order valence-electron chi connectivity index (χ2n) is 3.45. The van der Waals surface area contributed by atoms with Gasteiger partial charge in [0.15, 0.2) is 0 Å². The Morgan fingerprint density at radius 1 is 1.56 bits per heavy atom. The lowest BCUT2D eigenvalue weighted by Crippen LogP contribution is -2.09. The zero-order valence-corrected chi connectivity index (χ0v) is 10.2. The predicted octanol–water partition coefficient (Wildman–Crippen LogP) is 2.53. The molecular weight excluding hydrogens is 224 g/mol. The Hall–Kier alpha value is -1.36. The second-order valence-corrected chi connectivity index (χ2v) is 4.56. The molecule has 0 amide bonds. The van der Waals surface area contributed by atoms with Gasteiger partial charge < -0.3 is 4.74 Å². The summed E-state index contributed by atoms with van der Waals surface area (Å²) >= 11 is 1.61. The Morgan fingerprint density at radius 3 is 3.06 bits per heavy atom. The minimum Gasteiger partial charge on any atom is -0.461 e. The summed E-state index contributed by atoms with van der Waals surface area (Å²) < 4.78 is 6.88. The number of carbonyl (C=O) groups is 1. The van der Waals surface area contributed by atoms with Gasteiger partial charge in [0.1, 0.15) is 16.9 Å². The molecule has 0 aliphatic carbocycles. The molecule has 0 fully saturated rings. The largest absolute Gasteiger partial charge is 0.461 e. The summed E-state index contributed by atoms with van der Waals surface area (Å²) in [5.74, 6) is -0.254. The minimum absolute atomic E-state index is 0.254. The van der Waals surface area contributed by atoms with Gasteiger partial charge in [0.25, 0.3) is 0 Å². The highest BCUT2D eigenvalue weighted by atomic mass is 32.1.